The van der Waals surface area contributed by atoms with Gasteiger partial charge in [0.25, 0.3) is 0 Å². The first-order chi connectivity index (χ1) is 23.0. The summed E-state index contributed by atoms with van der Waals surface area (Å²) < 4.78 is 1.42. The maximum atomic E-state index is 3.29. The topological polar surface area (TPSA) is 0 Å². The van der Waals surface area contributed by atoms with Gasteiger partial charge in [0.1, 0.15) is 0 Å². The molecule has 0 N–H and O–H groups in total. The fourth-order valence-corrected chi connectivity index (χ4v) is 8.64. The zero-order valence-corrected chi connectivity index (χ0v) is 36.0. The van der Waals surface area contributed by atoms with Crippen LogP contribution in [0, 0.1) is 25.8 Å². The van der Waals surface area contributed by atoms with Crippen LogP contribution in [0.3, 0.4) is 0 Å². The Kier molecular flexibility index (Phi) is 12.5. The first kappa shape index (κ1) is 40.8. The molecule has 5 aromatic rings. The van der Waals surface area contributed by atoms with Crippen LogP contribution in [0.4, 0.5) is 0 Å². The molecule has 5 aromatic carbocycles. The summed E-state index contributed by atoms with van der Waals surface area (Å²) in [6, 6.07) is 29.6. The van der Waals surface area contributed by atoms with Gasteiger partial charge >= 0.3 is 112 Å². The van der Waals surface area contributed by atoms with Crippen molar-refractivity contribution < 1.29 is 49.0 Å². The summed E-state index contributed by atoms with van der Waals surface area (Å²) in [5, 5.41) is 5.57. The molecule has 1 unspecified atom stereocenters. The van der Waals surface area contributed by atoms with Crippen LogP contribution in [0.1, 0.15) is 107 Å². The fourth-order valence-electron chi connectivity index (χ4n) is 7.82. The van der Waals surface area contributed by atoms with Gasteiger partial charge in [-0.2, -0.15) is 6.08 Å². The Morgan fingerprint density at radius 1 is 0.608 bits per heavy atom. The Bertz CT molecular complexity index is 2070. The molecule has 3 aliphatic rings. The summed E-state index contributed by atoms with van der Waals surface area (Å²) in [6.07, 6.45) is 10.3. The van der Waals surface area contributed by atoms with E-state index in [0.717, 1.165) is 0 Å². The standard InChI is InChI=1S/C25H25.C15H14.C8H11.2ClH.Zr/c1-14-12-24(3,4)22-8-16-7-17-9-23-19(15(2)13-25(23,5)6)11-21(17)20(16)10-18(14)22;1-12-3-7-14(8-4-12)11-15-9-5-13(2)6-10-15;1-6-4-7(2)8(3)5-6;;;/h7-13H,1-6H3;3-10H,1-2H3;4,6H,1-3H3;2*1H;/q-1;;-1;;;+2/p-2. The van der Waals surface area contributed by atoms with Crippen LogP contribution in [0.15, 0.2) is 108 Å². The van der Waals surface area contributed by atoms with Crippen molar-refractivity contribution in [3.8, 4) is 0 Å². The molecule has 0 fully saturated rings. The van der Waals surface area contributed by atoms with E-state index < -0.39 is 0 Å². The number of hydrogen-bond donors (Lipinski definition) is 0. The van der Waals surface area contributed by atoms with Gasteiger partial charge in [-0.3, -0.25) is 6.08 Å². The molecule has 0 saturated heterocycles. The molecule has 0 spiro atoms. The van der Waals surface area contributed by atoms with Crippen LogP contribution >= 0.6 is 0 Å². The number of halogens is 2. The summed E-state index contributed by atoms with van der Waals surface area (Å²) >= 11 is 1.46. The van der Waals surface area contributed by atoms with Crippen molar-refractivity contribution in [1.29, 1.82) is 0 Å². The fraction of sp³-hybridized carbons (Fsp3) is 0.292. The number of aryl methyl sites for hydroxylation is 2. The summed E-state index contributed by atoms with van der Waals surface area (Å²) in [5.41, 5.74) is 16.9. The first-order valence-corrected chi connectivity index (χ1v) is 18.9. The number of allylic oxidation sites excluding steroid dienone is 8. The molecule has 0 heterocycles. The molecule has 8 rings (SSSR count). The van der Waals surface area contributed by atoms with Crippen molar-refractivity contribution in [3.05, 3.63) is 159 Å². The van der Waals surface area contributed by atoms with Crippen LogP contribution < -0.4 is 24.8 Å². The Labute approximate surface area is 334 Å². The molecule has 0 radical (unpaired) electrons. The van der Waals surface area contributed by atoms with Crippen molar-refractivity contribution in [2.75, 3.05) is 0 Å². The van der Waals surface area contributed by atoms with Crippen LogP contribution in [0.25, 0.3) is 32.7 Å². The Balaban J connectivity index is 0.000000193. The van der Waals surface area contributed by atoms with Crippen molar-refractivity contribution >= 4 is 35.9 Å². The summed E-state index contributed by atoms with van der Waals surface area (Å²) in [5.74, 6) is 0.551. The zero-order chi connectivity index (χ0) is 35.4. The number of fused-ring (bicyclic) bond motifs is 5. The van der Waals surface area contributed by atoms with E-state index in [1.54, 1.807) is 0 Å². The second-order valence-corrected chi connectivity index (χ2v) is 17.0. The molecular formula is C48H50Cl2Zr-2. The van der Waals surface area contributed by atoms with Gasteiger partial charge in [-0.05, 0) is 36.1 Å². The van der Waals surface area contributed by atoms with Gasteiger partial charge in [-0.1, -0.05) is 82.9 Å². The molecule has 0 aliphatic heterocycles. The maximum absolute atomic E-state index is 3.29. The minimum atomic E-state index is 0. The van der Waals surface area contributed by atoms with Gasteiger partial charge in [0.15, 0.2) is 0 Å². The average molecular weight is 789 g/mol. The Morgan fingerprint density at radius 3 is 1.31 bits per heavy atom. The number of hydrogen-bond acceptors (Lipinski definition) is 0. The molecule has 51 heavy (non-hydrogen) atoms. The predicted molar refractivity (Wildman–Crippen MR) is 211 cm³/mol. The van der Waals surface area contributed by atoms with Crippen LogP contribution in [0.2, 0.25) is 0 Å². The first-order valence-electron chi connectivity index (χ1n) is 17.7. The predicted octanol–water partition coefficient (Wildman–Crippen LogP) is 6.86. The molecule has 3 aliphatic carbocycles. The normalized spacial score (nSPS) is 17.3. The van der Waals surface area contributed by atoms with Gasteiger partial charge in [0.05, 0.1) is 0 Å². The van der Waals surface area contributed by atoms with E-state index in [4.69, 9.17) is 0 Å². The Hall–Kier alpha value is -2.96. The maximum Gasteiger partial charge on any atom is -1.00 e. The van der Waals surface area contributed by atoms with Gasteiger partial charge in [-0.25, -0.2) is 11.1 Å². The van der Waals surface area contributed by atoms with Crippen molar-refractivity contribution in [2.45, 2.75) is 87.0 Å². The summed E-state index contributed by atoms with van der Waals surface area (Å²) in [6.45, 7) is 24.4. The molecular weight excluding hydrogens is 739 g/mol. The second-order valence-electron chi connectivity index (χ2n) is 15.7. The number of benzene rings is 4. The van der Waals surface area contributed by atoms with E-state index >= 15 is 0 Å². The molecule has 0 aromatic heterocycles. The SMILES string of the molecule is CC1=CC(C)(C)c2cc3[cH-]c4cc5c(cc4c3cc21)C(C)=CC5(C)C.CC1=[C-]C(C)C=C1C.Cc1ccc([C](=[Zr+2])c2ccc(C)cc2)cc1.[Cl-].[Cl-]. The van der Waals surface area contributed by atoms with Crippen molar-refractivity contribution in [2.24, 2.45) is 5.92 Å². The molecule has 0 amide bonds. The molecule has 1 atom stereocenters. The summed E-state index contributed by atoms with van der Waals surface area (Å²) in [7, 11) is 0. The van der Waals surface area contributed by atoms with Gasteiger partial charge in [0, 0.05) is 10.8 Å². The smallest absolute Gasteiger partial charge is 1.00 e. The minimum Gasteiger partial charge on any atom is -1.00 e. The van der Waals surface area contributed by atoms with E-state index in [9.17, 15) is 0 Å². The van der Waals surface area contributed by atoms with E-state index in [1.807, 2.05) is 0 Å². The molecule has 0 saturated carbocycles. The molecule has 3 heteroatoms. The van der Waals surface area contributed by atoms with Gasteiger partial charge < -0.3 is 24.8 Å². The Morgan fingerprint density at radius 2 is 1.00 bits per heavy atom. The van der Waals surface area contributed by atoms with Crippen molar-refractivity contribution in [1.82, 2.24) is 0 Å². The third kappa shape index (κ3) is 8.33. The molecule has 0 nitrogen and oxygen atoms in total. The van der Waals surface area contributed by atoms with E-state index in [1.165, 1.54) is 116 Å². The third-order valence-corrected chi connectivity index (χ3v) is 12.0. The summed E-state index contributed by atoms with van der Waals surface area (Å²) in [4.78, 5) is 0. The minimum absolute atomic E-state index is 0. The zero-order valence-electron chi connectivity index (χ0n) is 32.1. The molecule has 0 bridgehead atoms. The van der Waals surface area contributed by atoms with Crippen LogP contribution in [-0.2, 0) is 35.1 Å². The van der Waals surface area contributed by atoms with Gasteiger partial charge in [0.2, 0.25) is 0 Å². The molecule has 262 valence electrons. The van der Waals surface area contributed by atoms with Crippen molar-refractivity contribution in [3.63, 3.8) is 0 Å². The third-order valence-electron chi connectivity index (χ3n) is 10.6. The average Bonchev–Trinajstić information content (AvgIpc) is 3.69. The largest absolute Gasteiger partial charge is 1.00 e. The van der Waals surface area contributed by atoms with E-state index in [2.05, 4.69) is 179 Å². The van der Waals surface area contributed by atoms with E-state index in [-0.39, 0.29) is 35.6 Å². The van der Waals surface area contributed by atoms with E-state index in [0.29, 0.717) is 5.92 Å². The van der Waals surface area contributed by atoms with Crippen LogP contribution in [0.5, 0.6) is 0 Å². The van der Waals surface area contributed by atoms with Gasteiger partial charge in [-0.15, -0.1) is 46.7 Å². The van der Waals surface area contributed by atoms with Crippen LogP contribution in [-0.4, -0.2) is 3.21 Å². The number of rotatable bonds is 2. The quantitative estimate of drug-likeness (QED) is 0.172. The second kappa shape index (κ2) is 15.6. The monoisotopic (exact) mass is 786 g/mol.